The van der Waals surface area contributed by atoms with E-state index in [2.05, 4.69) is 37.1 Å². The van der Waals surface area contributed by atoms with Crippen molar-refractivity contribution in [3.8, 4) is 17.2 Å². The highest BCUT2D eigenvalue weighted by molar-refractivity contribution is 6.01. The number of H-pyrrole nitrogens is 1. The zero-order valence-corrected chi connectivity index (χ0v) is 20.5. The van der Waals surface area contributed by atoms with Crippen LogP contribution in [0.15, 0.2) is 40.4 Å². The molecule has 10 nitrogen and oxygen atoms in total. The molecule has 0 aliphatic carbocycles. The summed E-state index contributed by atoms with van der Waals surface area (Å²) in [7, 11) is 3.26. The number of ether oxygens (including phenoxy) is 4. The van der Waals surface area contributed by atoms with Gasteiger partial charge in [-0.1, -0.05) is 0 Å². The zero-order chi connectivity index (χ0) is 24.6. The molecule has 35 heavy (non-hydrogen) atoms. The Morgan fingerprint density at radius 1 is 1.23 bits per heavy atom. The molecule has 186 valence electrons. The molecule has 1 aromatic carbocycles. The first-order valence-electron chi connectivity index (χ1n) is 11.6. The van der Waals surface area contributed by atoms with E-state index in [9.17, 15) is 0 Å². The van der Waals surface area contributed by atoms with Crippen molar-refractivity contribution in [1.82, 2.24) is 20.4 Å². The molecule has 0 spiro atoms. The van der Waals surface area contributed by atoms with Gasteiger partial charge in [0.1, 0.15) is 11.4 Å². The van der Waals surface area contributed by atoms with Crippen LogP contribution in [-0.4, -0.2) is 81.2 Å². The van der Waals surface area contributed by atoms with Crippen molar-refractivity contribution in [3.05, 3.63) is 41.7 Å². The predicted octanol–water partition coefficient (Wildman–Crippen LogP) is 3.27. The van der Waals surface area contributed by atoms with Gasteiger partial charge < -0.3 is 23.9 Å². The summed E-state index contributed by atoms with van der Waals surface area (Å²) in [5.74, 6) is 2.10. The Hall–Kier alpha value is -3.47. The van der Waals surface area contributed by atoms with Crippen LogP contribution in [-0.2, 0) is 4.74 Å². The van der Waals surface area contributed by atoms with Crippen LogP contribution in [0.5, 0.6) is 17.2 Å². The van der Waals surface area contributed by atoms with Gasteiger partial charge in [0.25, 0.3) is 0 Å². The van der Waals surface area contributed by atoms with E-state index in [1.165, 1.54) is 0 Å². The number of hydrogen-bond acceptors (Lipinski definition) is 9. The third kappa shape index (κ3) is 6.16. The molecule has 1 aliphatic heterocycles. The van der Waals surface area contributed by atoms with Crippen molar-refractivity contribution in [2.24, 2.45) is 9.98 Å². The highest BCUT2D eigenvalue weighted by atomic mass is 16.5. The lowest BCUT2D eigenvalue weighted by Crippen LogP contribution is -2.46. The number of hydrazine groups is 1. The van der Waals surface area contributed by atoms with Crippen LogP contribution in [0.3, 0.4) is 0 Å². The van der Waals surface area contributed by atoms with Crippen molar-refractivity contribution < 1.29 is 18.9 Å². The van der Waals surface area contributed by atoms with Crippen molar-refractivity contribution in [2.45, 2.75) is 13.3 Å². The number of benzene rings is 1. The zero-order valence-electron chi connectivity index (χ0n) is 20.5. The minimum atomic E-state index is 0.375. The van der Waals surface area contributed by atoms with E-state index < -0.39 is 0 Å². The normalized spacial score (nSPS) is 14.8. The fourth-order valence-corrected chi connectivity index (χ4v) is 3.86. The van der Waals surface area contributed by atoms with Crippen LogP contribution in [0.25, 0.3) is 11.0 Å². The van der Waals surface area contributed by atoms with Gasteiger partial charge in [-0.25, -0.2) is 9.99 Å². The van der Waals surface area contributed by atoms with Crippen molar-refractivity contribution in [3.63, 3.8) is 0 Å². The quantitative estimate of drug-likeness (QED) is 0.261. The second-order valence-electron chi connectivity index (χ2n) is 8.08. The van der Waals surface area contributed by atoms with E-state index >= 15 is 0 Å². The summed E-state index contributed by atoms with van der Waals surface area (Å²) in [4.78, 5) is 16.1. The van der Waals surface area contributed by atoms with Gasteiger partial charge in [0.2, 0.25) is 5.90 Å². The van der Waals surface area contributed by atoms with E-state index in [0.29, 0.717) is 41.0 Å². The number of fused-ring (bicyclic) bond motifs is 1. The van der Waals surface area contributed by atoms with Crippen LogP contribution in [0, 0.1) is 6.92 Å². The summed E-state index contributed by atoms with van der Waals surface area (Å²) < 4.78 is 23.0. The number of nitrogens with one attached hydrogen (secondary N) is 2. The van der Waals surface area contributed by atoms with Gasteiger partial charge in [0.05, 0.1) is 44.4 Å². The van der Waals surface area contributed by atoms with Crippen molar-refractivity contribution in [1.29, 1.82) is 0 Å². The Morgan fingerprint density at radius 2 is 2.06 bits per heavy atom. The number of rotatable bonds is 10. The highest BCUT2D eigenvalue weighted by Gasteiger charge is 2.18. The Kier molecular flexibility index (Phi) is 8.30. The number of hydrogen-bond donors (Lipinski definition) is 2. The second-order valence-corrected chi connectivity index (χ2v) is 8.08. The molecule has 0 radical (unpaired) electrons. The molecule has 2 N–H and O–H groups in total. The van der Waals surface area contributed by atoms with Crippen LogP contribution in [0.2, 0.25) is 0 Å². The van der Waals surface area contributed by atoms with Gasteiger partial charge in [-0.05, 0) is 38.3 Å². The average molecular weight is 481 g/mol. The summed E-state index contributed by atoms with van der Waals surface area (Å²) in [6.45, 7) is 10.3. The van der Waals surface area contributed by atoms with Gasteiger partial charge in [0.15, 0.2) is 11.5 Å². The molecule has 1 aliphatic rings. The molecule has 0 atom stereocenters. The molecular formula is C25H32N6O4. The predicted molar refractivity (Wildman–Crippen MR) is 137 cm³/mol. The molecule has 0 saturated carbocycles. The maximum absolute atomic E-state index is 6.09. The molecule has 1 fully saturated rings. The molecule has 0 bridgehead atoms. The summed E-state index contributed by atoms with van der Waals surface area (Å²) in [5.41, 5.74) is 6.47. The number of aromatic nitrogens is 2. The van der Waals surface area contributed by atoms with Crippen molar-refractivity contribution >= 4 is 29.3 Å². The molecule has 2 aromatic heterocycles. The van der Waals surface area contributed by atoms with E-state index in [4.69, 9.17) is 18.9 Å². The minimum Gasteiger partial charge on any atom is -0.493 e. The minimum absolute atomic E-state index is 0.375. The van der Waals surface area contributed by atoms with Gasteiger partial charge in [0, 0.05) is 43.8 Å². The number of aryl methyl sites for hydroxylation is 1. The molecular weight excluding hydrogens is 448 g/mol. The fourth-order valence-electron chi connectivity index (χ4n) is 3.86. The second kappa shape index (κ2) is 11.8. The lowest BCUT2D eigenvalue weighted by molar-refractivity contribution is 0.0114. The third-order valence-corrected chi connectivity index (χ3v) is 5.61. The van der Waals surface area contributed by atoms with E-state index in [1.807, 2.05) is 19.1 Å². The first-order valence-corrected chi connectivity index (χ1v) is 11.6. The number of morpholine rings is 1. The number of aliphatic imine (C=N–C) groups is 2. The molecule has 3 heterocycles. The first kappa shape index (κ1) is 24.6. The average Bonchev–Trinajstić information content (AvgIpc) is 3.26. The van der Waals surface area contributed by atoms with Gasteiger partial charge in [-0.2, -0.15) is 0 Å². The third-order valence-electron chi connectivity index (χ3n) is 5.61. The number of nitrogens with zero attached hydrogens (tertiary/aromatic N) is 4. The maximum Gasteiger partial charge on any atom is 0.224 e. The number of pyridine rings is 1. The van der Waals surface area contributed by atoms with E-state index in [0.717, 1.165) is 56.0 Å². The lowest BCUT2D eigenvalue weighted by atomic mass is 10.1. The topological polar surface area (TPSA) is 106 Å². The number of aromatic amines is 1. The summed E-state index contributed by atoms with van der Waals surface area (Å²) >= 11 is 0. The highest BCUT2D eigenvalue weighted by Crippen LogP contribution is 2.36. The molecule has 0 amide bonds. The summed E-state index contributed by atoms with van der Waals surface area (Å²) in [6.07, 6.45) is 2.49. The first-order chi connectivity index (χ1) is 17.1. The Labute approximate surface area is 204 Å². The van der Waals surface area contributed by atoms with Gasteiger partial charge in [-0.15, -0.1) is 0 Å². The monoisotopic (exact) mass is 480 g/mol. The van der Waals surface area contributed by atoms with Gasteiger partial charge >= 0.3 is 0 Å². The Balaban J connectivity index is 1.44. The SMILES string of the molecule is C=Nc1cc(OCCCNN2CCOCC2)c(OC)cc1C(=NC)Oc1cnc2[nH]c(C)cc2c1. The summed E-state index contributed by atoms with van der Waals surface area (Å²) in [6, 6.07) is 7.53. The Bertz CT molecular complexity index is 1190. The molecule has 10 heteroatoms. The van der Waals surface area contributed by atoms with Crippen LogP contribution >= 0.6 is 0 Å². The van der Waals surface area contributed by atoms with Crippen LogP contribution < -0.4 is 19.6 Å². The van der Waals surface area contributed by atoms with Crippen molar-refractivity contribution in [2.75, 3.05) is 53.6 Å². The summed E-state index contributed by atoms with van der Waals surface area (Å²) in [5, 5.41) is 3.14. The largest absolute Gasteiger partial charge is 0.493 e. The van der Waals surface area contributed by atoms with Crippen LogP contribution in [0.1, 0.15) is 17.7 Å². The molecule has 1 saturated heterocycles. The maximum atomic E-state index is 6.09. The smallest absolute Gasteiger partial charge is 0.224 e. The Morgan fingerprint density at radius 3 is 2.80 bits per heavy atom. The van der Waals surface area contributed by atoms with Gasteiger partial charge in [-0.3, -0.25) is 15.4 Å². The lowest BCUT2D eigenvalue weighted by Gasteiger charge is -2.27. The molecule has 0 unspecified atom stereocenters. The number of methoxy groups -OCH3 is 1. The van der Waals surface area contributed by atoms with E-state index in [1.54, 1.807) is 32.5 Å². The van der Waals surface area contributed by atoms with E-state index in [-0.39, 0.29) is 0 Å². The standard InChI is InChI=1S/C25H32N6O4/c1-17-12-18-13-19(16-28-24(18)30-17)35-25(27-3)20-14-22(32-4)23(15-21(20)26-2)34-9-5-6-29-31-7-10-33-11-8-31/h12-16,29H,2,5-11H2,1,3-4H3,(H,28,30). The molecule has 3 aromatic rings. The van der Waals surface area contributed by atoms with Crippen LogP contribution in [0.4, 0.5) is 5.69 Å². The molecule has 4 rings (SSSR count). The fraction of sp³-hybridized carbons (Fsp3) is 0.400.